The van der Waals surface area contributed by atoms with Crippen molar-refractivity contribution >= 4 is 16.7 Å². The third-order valence-corrected chi connectivity index (χ3v) is 4.94. The van der Waals surface area contributed by atoms with E-state index in [1.807, 2.05) is 28.5 Å². The standard InChI is InChI=1S/C17H23N7/c1-12(17-19-21-22-24(17)13-8-4-3-5-9-13)18-16-14-10-6-7-11-15(14)23(2)20-16/h6-7,10-13H,3-5,8-9H2,1-2H3,(H,18,20). The fourth-order valence-corrected chi connectivity index (χ4v) is 3.66. The number of para-hydroxylation sites is 1. The summed E-state index contributed by atoms with van der Waals surface area (Å²) in [7, 11) is 1.96. The molecule has 7 heteroatoms. The lowest BCUT2D eigenvalue weighted by atomic mass is 9.95. The van der Waals surface area contributed by atoms with E-state index < -0.39 is 0 Å². The Morgan fingerprint density at radius 1 is 1.17 bits per heavy atom. The van der Waals surface area contributed by atoms with Crippen molar-refractivity contribution in [3.8, 4) is 0 Å². The zero-order chi connectivity index (χ0) is 16.5. The maximum atomic E-state index is 4.61. The second-order valence-corrected chi connectivity index (χ2v) is 6.63. The fourth-order valence-electron chi connectivity index (χ4n) is 3.66. The Morgan fingerprint density at radius 2 is 1.96 bits per heavy atom. The molecule has 0 spiro atoms. The first kappa shape index (κ1) is 15.1. The topological polar surface area (TPSA) is 73.5 Å². The van der Waals surface area contributed by atoms with Crippen LogP contribution in [0.2, 0.25) is 0 Å². The first-order valence-corrected chi connectivity index (χ1v) is 8.70. The first-order chi connectivity index (χ1) is 11.7. The maximum absolute atomic E-state index is 4.61. The second kappa shape index (κ2) is 6.22. The quantitative estimate of drug-likeness (QED) is 0.797. The summed E-state index contributed by atoms with van der Waals surface area (Å²) in [6.45, 7) is 2.09. The molecule has 1 saturated carbocycles. The van der Waals surface area contributed by atoms with E-state index in [0.717, 1.165) is 35.4 Å². The van der Waals surface area contributed by atoms with Crippen molar-refractivity contribution in [3.05, 3.63) is 30.1 Å². The average Bonchev–Trinajstić information content (AvgIpc) is 3.22. The third kappa shape index (κ3) is 2.64. The largest absolute Gasteiger partial charge is 0.358 e. The fraction of sp³-hybridized carbons (Fsp3) is 0.529. The molecule has 1 aliphatic carbocycles. The van der Waals surface area contributed by atoms with Gasteiger partial charge in [0.25, 0.3) is 0 Å². The van der Waals surface area contributed by atoms with Crippen LogP contribution < -0.4 is 5.32 Å². The molecule has 0 bridgehead atoms. The summed E-state index contributed by atoms with van der Waals surface area (Å²) < 4.78 is 3.91. The molecule has 7 nitrogen and oxygen atoms in total. The summed E-state index contributed by atoms with van der Waals surface area (Å²) in [6.07, 6.45) is 6.17. The summed E-state index contributed by atoms with van der Waals surface area (Å²) in [4.78, 5) is 0. The molecule has 24 heavy (non-hydrogen) atoms. The van der Waals surface area contributed by atoms with E-state index in [4.69, 9.17) is 0 Å². The molecule has 126 valence electrons. The van der Waals surface area contributed by atoms with E-state index in [9.17, 15) is 0 Å². The third-order valence-electron chi connectivity index (χ3n) is 4.94. The van der Waals surface area contributed by atoms with Crippen molar-refractivity contribution in [1.82, 2.24) is 30.0 Å². The van der Waals surface area contributed by atoms with Crippen molar-refractivity contribution in [2.45, 2.75) is 51.1 Å². The van der Waals surface area contributed by atoms with Crippen LogP contribution in [0, 0.1) is 0 Å². The van der Waals surface area contributed by atoms with E-state index in [1.54, 1.807) is 0 Å². The number of nitrogens with one attached hydrogen (secondary N) is 1. The van der Waals surface area contributed by atoms with Crippen LogP contribution in [-0.2, 0) is 7.05 Å². The van der Waals surface area contributed by atoms with Gasteiger partial charge in [-0.1, -0.05) is 31.4 Å². The minimum atomic E-state index is 0.000215. The number of aromatic nitrogens is 6. The lowest BCUT2D eigenvalue weighted by Crippen LogP contribution is -2.21. The minimum absolute atomic E-state index is 0.000215. The van der Waals surface area contributed by atoms with Crippen LogP contribution in [0.5, 0.6) is 0 Å². The van der Waals surface area contributed by atoms with E-state index in [-0.39, 0.29) is 6.04 Å². The van der Waals surface area contributed by atoms with Gasteiger partial charge in [-0.3, -0.25) is 4.68 Å². The van der Waals surface area contributed by atoms with Crippen molar-refractivity contribution in [1.29, 1.82) is 0 Å². The zero-order valence-electron chi connectivity index (χ0n) is 14.2. The molecule has 0 aliphatic heterocycles. The summed E-state index contributed by atoms with van der Waals surface area (Å²) in [5.74, 6) is 1.76. The number of aryl methyl sites for hydroxylation is 1. The number of fused-ring (bicyclic) bond motifs is 1. The highest BCUT2D eigenvalue weighted by molar-refractivity contribution is 5.90. The normalized spacial score (nSPS) is 17.2. The molecule has 0 saturated heterocycles. The molecule has 2 heterocycles. The highest BCUT2D eigenvalue weighted by Crippen LogP contribution is 2.30. The van der Waals surface area contributed by atoms with Gasteiger partial charge in [0.1, 0.15) is 0 Å². The Labute approximate surface area is 141 Å². The van der Waals surface area contributed by atoms with Gasteiger partial charge in [-0.2, -0.15) is 5.10 Å². The van der Waals surface area contributed by atoms with Crippen molar-refractivity contribution in [2.75, 3.05) is 5.32 Å². The number of hydrogen-bond acceptors (Lipinski definition) is 5. The van der Waals surface area contributed by atoms with Crippen molar-refractivity contribution in [3.63, 3.8) is 0 Å². The molecule has 1 unspecified atom stereocenters. The highest BCUT2D eigenvalue weighted by Gasteiger charge is 2.23. The molecule has 1 N–H and O–H groups in total. The predicted octanol–water partition coefficient (Wildman–Crippen LogP) is 3.24. The molecule has 4 rings (SSSR count). The van der Waals surface area contributed by atoms with Crippen LogP contribution in [-0.4, -0.2) is 30.0 Å². The van der Waals surface area contributed by atoms with Gasteiger partial charge in [0, 0.05) is 12.4 Å². The van der Waals surface area contributed by atoms with Crippen LogP contribution in [0.25, 0.3) is 10.9 Å². The summed E-state index contributed by atoms with van der Waals surface area (Å²) in [5.41, 5.74) is 1.11. The number of rotatable bonds is 4. The van der Waals surface area contributed by atoms with Crippen LogP contribution in [0.4, 0.5) is 5.82 Å². The number of tetrazole rings is 1. The van der Waals surface area contributed by atoms with Crippen molar-refractivity contribution in [2.24, 2.45) is 7.05 Å². The number of anilines is 1. The Bertz CT molecular complexity index is 828. The van der Waals surface area contributed by atoms with Gasteiger partial charge in [-0.25, -0.2) is 4.68 Å². The molecular weight excluding hydrogens is 302 g/mol. The number of nitrogens with zero attached hydrogens (tertiary/aromatic N) is 6. The highest BCUT2D eigenvalue weighted by atomic mass is 15.6. The second-order valence-electron chi connectivity index (χ2n) is 6.63. The van der Waals surface area contributed by atoms with E-state index in [1.165, 1.54) is 19.3 Å². The molecule has 2 aromatic heterocycles. The molecule has 1 aliphatic rings. The molecule has 1 aromatic carbocycles. The Balaban J connectivity index is 1.60. The van der Waals surface area contributed by atoms with Gasteiger partial charge < -0.3 is 5.32 Å². The van der Waals surface area contributed by atoms with Gasteiger partial charge >= 0.3 is 0 Å². The van der Waals surface area contributed by atoms with Crippen LogP contribution in [0.1, 0.15) is 56.9 Å². The monoisotopic (exact) mass is 325 g/mol. The Morgan fingerprint density at radius 3 is 2.79 bits per heavy atom. The summed E-state index contributed by atoms with van der Waals surface area (Å²) in [5, 5.41) is 21.7. The summed E-state index contributed by atoms with van der Waals surface area (Å²) in [6, 6.07) is 8.65. The zero-order valence-corrected chi connectivity index (χ0v) is 14.2. The molecule has 0 amide bonds. The lowest BCUT2D eigenvalue weighted by molar-refractivity contribution is 0.314. The minimum Gasteiger partial charge on any atom is -0.358 e. The predicted molar refractivity (Wildman–Crippen MR) is 92.7 cm³/mol. The number of benzene rings is 1. The smallest absolute Gasteiger partial charge is 0.173 e. The van der Waals surface area contributed by atoms with E-state index >= 15 is 0 Å². The summed E-state index contributed by atoms with van der Waals surface area (Å²) >= 11 is 0. The SMILES string of the molecule is CC(Nc1nn(C)c2ccccc12)c1nnnn1C1CCCCC1. The average molecular weight is 325 g/mol. The first-order valence-electron chi connectivity index (χ1n) is 8.70. The lowest BCUT2D eigenvalue weighted by Gasteiger charge is -2.24. The van der Waals surface area contributed by atoms with Gasteiger partial charge in [0.15, 0.2) is 11.6 Å². The maximum Gasteiger partial charge on any atom is 0.173 e. The van der Waals surface area contributed by atoms with Gasteiger partial charge in [-0.05, 0) is 42.3 Å². The van der Waals surface area contributed by atoms with E-state index in [0.29, 0.717) is 6.04 Å². The molecular formula is C17H23N7. The molecule has 3 aromatic rings. The molecule has 1 atom stereocenters. The van der Waals surface area contributed by atoms with Gasteiger partial charge in [0.2, 0.25) is 0 Å². The number of hydrogen-bond donors (Lipinski definition) is 1. The van der Waals surface area contributed by atoms with Gasteiger partial charge in [0.05, 0.1) is 17.6 Å². The van der Waals surface area contributed by atoms with Crippen LogP contribution in [0.15, 0.2) is 24.3 Å². The van der Waals surface area contributed by atoms with E-state index in [2.05, 4.69) is 45.0 Å². The Hall–Kier alpha value is -2.44. The molecule has 0 radical (unpaired) electrons. The van der Waals surface area contributed by atoms with Crippen LogP contribution in [0.3, 0.4) is 0 Å². The van der Waals surface area contributed by atoms with Crippen LogP contribution >= 0.6 is 0 Å². The molecule has 1 fully saturated rings. The van der Waals surface area contributed by atoms with Gasteiger partial charge in [-0.15, -0.1) is 5.10 Å². The van der Waals surface area contributed by atoms with Crippen molar-refractivity contribution < 1.29 is 0 Å². The Kier molecular flexibility index (Phi) is 3.92.